The van der Waals surface area contributed by atoms with Gasteiger partial charge < -0.3 is 14.5 Å². The van der Waals surface area contributed by atoms with Crippen molar-refractivity contribution in [2.75, 3.05) is 37.7 Å². The number of nitrogens with one attached hydrogen (secondary N) is 1. The minimum absolute atomic E-state index is 0.554. The summed E-state index contributed by atoms with van der Waals surface area (Å²) in [6.45, 7) is 8.20. The molecular weight excluding hydrogens is 364 g/mol. The zero-order valence-corrected chi connectivity index (χ0v) is 15.7. The van der Waals surface area contributed by atoms with Gasteiger partial charge in [0, 0.05) is 51.1 Å². The highest BCUT2D eigenvalue weighted by Gasteiger charge is 2.21. The monoisotopic (exact) mass is 384 g/mol. The molecule has 0 saturated carbocycles. The Morgan fingerprint density at radius 3 is 2.85 bits per heavy atom. The molecular formula is C19H21ClN6O. The fourth-order valence-corrected chi connectivity index (χ4v) is 3.33. The average molecular weight is 385 g/mol. The summed E-state index contributed by atoms with van der Waals surface area (Å²) in [4.78, 5) is 13.2. The van der Waals surface area contributed by atoms with E-state index in [1.807, 2.05) is 24.4 Å². The van der Waals surface area contributed by atoms with Crippen LogP contribution in [0.15, 0.2) is 54.2 Å². The van der Waals surface area contributed by atoms with Crippen molar-refractivity contribution in [2.24, 2.45) is 5.10 Å². The Labute approximate surface area is 163 Å². The molecule has 0 unspecified atom stereocenters. The summed E-state index contributed by atoms with van der Waals surface area (Å²) in [6.07, 6.45) is 4.12. The quantitative estimate of drug-likeness (QED) is 0.817. The smallest absolute Gasteiger partial charge is 0.148 e. The fraction of sp³-hybridized carbons (Fsp3) is 0.316. The van der Waals surface area contributed by atoms with Crippen LogP contribution in [-0.4, -0.2) is 53.4 Å². The lowest BCUT2D eigenvalue weighted by molar-refractivity contribution is 0.300. The van der Waals surface area contributed by atoms with Gasteiger partial charge in [-0.2, -0.15) is 5.10 Å². The van der Waals surface area contributed by atoms with Crippen LogP contribution in [0.25, 0.3) is 0 Å². The number of hydrogen-bond acceptors (Lipinski definition) is 7. The van der Waals surface area contributed by atoms with Gasteiger partial charge in [-0.15, -0.1) is 0 Å². The summed E-state index contributed by atoms with van der Waals surface area (Å²) in [6, 6.07) is 7.75. The molecule has 0 aromatic carbocycles. The van der Waals surface area contributed by atoms with Crippen LogP contribution in [0, 0.1) is 0 Å². The van der Waals surface area contributed by atoms with Crippen LogP contribution in [0.4, 0.5) is 5.82 Å². The van der Waals surface area contributed by atoms with Crippen LogP contribution in [-0.2, 0) is 0 Å². The zero-order chi connectivity index (χ0) is 18.6. The Hall–Kier alpha value is -2.80. The highest BCUT2D eigenvalue weighted by Crippen LogP contribution is 2.26. The topological polar surface area (TPSA) is 65.9 Å². The van der Waals surface area contributed by atoms with E-state index >= 15 is 0 Å². The van der Waals surface area contributed by atoms with Crippen molar-refractivity contribution in [3.8, 4) is 5.75 Å². The van der Waals surface area contributed by atoms with E-state index in [9.17, 15) is 0 Å². The number of pyridine rings is 2. The van der Waals surface area contributed by atoms with E-state index in [-0.39, 0.29) is 0 Å². The maximum atomic E-state index is 5.98. The van der Waals surface area contributed by atoms with Crippen molar-refractivity contribution >= 4 is 23.1 Å². The number of halogens is 1. The predicted octanol–water partition coefficient (Wildman–Crippen LogP) is 2.50. The van der Waals surface area contributed by atoms with E-state index in [0.29, 0.717) is 23.8 Å². The summed E-state index contributed by atoms with van der Waals surface area (Å²) in [7, 11) is 0. The summed E-state index contributed by atoms with van der Waals surface area (Å²) in [5.74, 6) is 2.47. The van der Waals surface area contributed by atoms with Gasteiger partial charge in [-0.1, -0.05) is 24.2 Å². The van der Waals surface area contributed by atoms with E-state index in [1.165, 1.54) is 0 Å². The molecule has 27 heavy (non-hydrogen) atoms. The third-order valence-corrected chi connectivity index (χ3v) is 4.85. The number of hydrogen-bond donors (Lipinski definition) is 1. The molecule has 0 radical (unpaired) electrons. The van der Waals surface area contributed by atoms with Crippen molar-refractivity contribution in [2.45, 2.75) is 6.42 Å². The Kier molecular flexibility index (Phi) is 5.11. The molecule has 0 bridgehead atoms. The van der Waals surface area contributed by atoms with Gasteiger partial charge in [0.1, 0.15) is 23.1 Å². The van der Waals surface area contributed by atoms with E-state index in [1.54, 1.807) is 12.3 Å². The lowest BCUT2D eigenvalue weighted by atomic mass is 10.1. The molecule has 1 N–H and O–H groups in total. The average Bonchev–Trinajstić information content (AvgIpc) is 2.72. The normalized spacial score (nSPS) is 18.0. The van der Waals surface area contributed by atoms with Gasteiger partial charge in [0.2, 0.25) is 0 Å². The number of aromatic nitrogens is 2. The maximum Gasteiger partial charge on any atom is 0.148 e. The van der Waals surface area contributed by atoms with Gasteiger partial charge in [0.15, 0.2) is 0 Å². The Balaban J connectivity index is 1.36. The number of anilines is 1. The van der Waals surface area contributed by atoms with Gasteiger partial charge in [0.25, 0.3) is 0 Å². The minimum atomic E-state index is 0.554. The molecule has 2 aliphatic heterocycles. The third kappa shape index (κ3) is 3.98. The van der Waals surface area contributed by atoms with E-state index in [4.69, 9.17) is 16.3 Å². The number of fused-ring (bicyclic) bond motifs is 1. The first-order valence-corrected chi connectivity index (χ1v) is 9.29. The fourth-order valence-electron chi connectivity index (χ4n) is 3.18. The molecule has 4 rings (SSSR count). The van der Waals surface area contributed by atoms with Crippen LogP contribution < -0.4 is 15.1 Å². The van der Waals surface area contributed by atoms with E-state index in [0.717, 1.165) is 49.2 Å². The number of hydrazone groups is 1. The first-order chi connectivity index (χ1) is 13.2. The number of piperazine rings is 1. The Morgan fingerprint density at radius 2 is 2.07 bits per heavy atom. The first-order valence-electron chi connectivity index (χ1n) is 8.92. The lowest BCUT2D eigenvalue weighted by Crippen LogP contribution is -2.47. The third-order valence-electron chi connectivity index (χ3n) is 4.64. The molecule has 2 aliphatic rings. The first kappa shape index (κ1) is 17.6. The standard InChI is InChI=1S/C19H21ClN6O/c1-14(25-7-9-26(10-8-25)18-4-2-3-6-21-18)23-24-16-5-11-27-17-12-15(20)13-22-19(16)17/h2-4,6,12-13,23H,1,5,7-11H2/b24-16-. The second-order valence-corrected chi connectivity index (χ2v) is 6.81. The molecule has 2 aromatic rings. The van der Waals surface area contributed by atoms with Gasteiger partial charge in [0.05, 0.1) is 17.3 Å². The second-order valence-electron chi connectivity index (χ2n) is 6.38. The summed E-state index contributed by atoms with van der Waals surface area (Å²) in [5.41, 5.74) is 4.66. The number of rotatable bonds is 4. The number of nitrogens with zero attached hydrogens (tertiary/aromatic N) is 5. The molecule has 1 saturated heterocycles. The van der Waals surface area contributed by atoms with Crippen LogP contribution in [0.3, 0.4) is 0 Å². The van der Waals surface area contributed by atoms with E-state index < -0.39 is 0 Å². The SMILES string of the molecule is C=C(N/N=C1/CCOc2cc(Cl)cnc21)N1CCN(c2ccccn2)CC1. The molecule has 8 heteroatoms. The summed E-state index contributed by atoms with van der Waals surface area (Å²) < 4.78 is 5.61. The molecule has 0 spiro atoms. The highest BCUT2D eigenvalue weighted by molar-refractivity contribution is 6.30. The van der Waals surface area contributed by atoms with Crippen LogP contribution in [0.1, 0.15) is 12.1 Å². The van der Waals surface area contributed by atoms with Gasteiger partial charge in [-0.3, -0.25) is 5.43 Å². The zero-order valence-electron chi connectivity index (χ0n) is 14.9. The summed E-state index contributed by atoms with van der Waals surface area (Å²) in [5, 5.41) is 5.07. The predicted molar refractivity (Wildman–Crippen MR) is 106 cm³/mol. The highest BCUT2D eigenvalue weighted by atomic mass is 35.5. The minimum Gasteiger partial charge on any atom is -0.491 e. The number of ether oxygens (including phenoxy) is 1. The van der Waals surface area contributed by atoms with Gasteiger partial charge in [-0.25, -0.2) is 9.97 Å². The second kappa shape index (κ2) is 7.84. The van der Waals surface area contributed by atoms with Crippen molar-refractivity contribution in [1.29, 1.82) is 0 Å². The molecule has 140 valence electrons. The Morgan fingerprint density at radius 1 is 1.22 bits per heavy atom. The van der Waals surface area contributed by atoms with E-state index in [2.05, 4.69) is 36.9 Å². The van der Waals surface area contributed by atoms with Crippen LogP contribution in [0.2, 0.25) is 5.02 Å². The Bertz CT molecular complexity index is 849. The van der Waals surface area contributed by atoms with Crippen LogP contribution >= 0.6 is 11.6 Å². The van der Waals surface area contributed by atoms with Crippen molar-refractivity contribution in [3.63, 3.8) is 0 Å². The molecule has 7 nitrogen and oxygen atoms in total. The molecule has 0 atom stereocenters. The molecule has 0 aliphatic carbocycles. The summed E-state index contributed by atoms with van der Waals surface area (Å²) >= 11 is 5.98. The maximum absolute atomic E-state index is 5.98. The van der Waals surface area contributed by atoms with Gasteiger partial charge in [-0.05, 0) is 12.1 Å². The van der Waals surface area contributed by atoms with Crippen LogP contribution in [0.5, 0.6) is 5.75 Å². The molecule has 2 aromatic heterocycles. The molecule has 0 amide bonds. The molecule has 1 fully saturated rings. The van der Waals surface area contributed by atoms with Crippen molar-refractivity contribution < 1.29 is 4.74 Å². The molecule has 4 heterocycles. The largest absolute Gasteiger partial charge is 0.491 e. The lowest BCUT2D eigenvalue weighted by Gasteiger charge is -2.37. The van der Waals surface area contributed by atoms with Crippen molar-refractivity contribution in [1.82, 2.24) is 20.3 Å². The van der Waals surface area contributed by atoms with Gasteiger partial charge >= 0.3 is 0 Å². The van der Waals surface area contributed by atoms with Crippen molar-refractivity contribution in [3.05, 3.63) is 59.8 Å².